The molecule has 0 saturated heterocycles. The molecule has 116 valence electrons. The SMILES string of the molecule is NC(=O)CCCCNC1CCCCC1C1CCCCC1. The van der Waals surface area contributed by atoms with Crippen LogP contribution in [0.25, 0.3) is 0 Å². The van der Waals surface area contributed by atoms with Gasteiger partial charge < -0.3 is 11.1 Å². The maximum absolute atomic E-state index is 10.7. The Bertz CT molecular complexity index is 287. The second kappa shape index (κ2) is 8.66. The lowest BCUT2D eigenvalue weighted by Crippen LogP contribution is -2.42. The minimum atomic E-state index is -0.164. The van der Waals surface area contributed by atoms with Crippen molar-refractivity contribution in [3.63, 3.8) is 0 Å². The van der Waals surface area contributed by atoms with Crippen LogP contribution in [0.5, 0.6) is 0 Å². The highest BCUT2D eigenvalue weighted by atomic mass is 16.1. The molecule has 3 heteroatoms. The lowest BCUT2D eigenvalue weighted by Gasteiger charge is -2.39. The Balaban J connectivity index is 1.70. The van der Waals surface area contributed by atoms with Crippen molar-refractivity contribution in [2.24, 2.45) is 17.6 Å². The van der Waals surface area contributed by atoms with Crippen LogP contribution in [-0.2, 0) is 4.79 Å². The Morgan fingerprint density at radius 1 is 0.950 bits per heavy atom. The summed E-state index contributed by atoms with van der Waals surface area (Å²) in [5, 5.41) is 3.79. The zero-order valence-corrected chi connectivity index (χ0v) is 12.9. The molecule has 20 heavy (non-hydrogen) atoms. The molecule has 2 unspecified atom stereocenters. The highest BCUT2D eigenvalue weighted by Gasteiger charge is 2.31. The van der Waals surface area contributed by atoms with E-state index >= 15 is 0 Å². The molecule has 0 aromatic rings. The lowest BCUT2D eigenvalue weighted by atomic mass is 9.71. The van der Waals surface area contributed by atoms with Gasteiger partial charge in [-0.15, -0.1) is 0 Å². The fourth-order valence-electron chi connectivity index (χ4n) is 4.25. The van der Waals surface area contributed by atoms with E-state index in [4.69, 9.17) is 5.73 Å². The van der Waals surface area contributed by atoms with Gasteiger partial charge in [-0.3, -0.25) is 4.79 Å². The van der Waals surface area contributed by atoms with Gasteiger partial charge in [0, 0.05) is 12.5 Å². The van der Waals surface area contributed by atoms with Crippen LogP contribution < -0.4 is 11.1 Å². The highest BCUT2D eigenvalue weighted by Crippen LogP contribution is 2.38. The average molecular weight is 280 g/mol. The van der Waals surface area contributed by atoms with Gasteiger partial charge in [-0.25, -0.2) is 0 Å². The summed E-state index contributed by atoms with van der Waals surface area (Å²) >= 11 is 0. The Kier molecular flexibility index (Phi) is 6.85. The molecule has 0 bridgehead atoms. The van der Waals surface area contributed by atoms with Gasteiger partial charge in [0.25, 0.3) is 0 Å². The number of amides is 1. The monoisotopic (exact) mass is 280 g/mol. The number of rotatable bonds is 7. The van der Waals surface area contributed by atoms with Gasteiger partial charge in [-0.1, -0.05) is 44.9 Å². The van der Waals surface area contributed by atoms with Gasteiger partial charge in [-0.2, -0.15) is 0 Å². The van der Waals surface area contributed by atoms with E-state index in [-0.39, 0.29) is 5.91 Å². The van der Waals surface area contributed by atoms with Crippen LogP contribution in [0.2, 0.25) is 0 Å². The van der Waals surface area contributed by atoms with E-state index in [1.54, 1.807) is 0 Å². The molecule has 2 fully saturated rings. The maximum atomic E-state index is 10.7. The molecule has 3 nitrogen and oxygen atoms in total. The molecule has 0 aliphatic heterocycles. The summed E-state index contributed by atoms with van der Waals surface area (Å²) in [5.41, 5.74) is 5.18. The van der Waals surface area contributed by atoms with Gasteiger partial charge in [0.15, 0.2) is 0 Å². The maximum Gasteiger partial charge on any atom is 0.217 e. The summed E-state index contributed by atoms with van der Waals surface area (Å²) in [7, 11) is 0. The second-order valence-electron chi connectivity index (χ2n) is 6.83. The van der Waals surface area contributed by atoms with Gasteiger partial charge >= 0.3 is 0 Å². The van der Waals surface area contributed by atoms with Crippen LogP contribution >= 0.6 is 0 Å². The number of unbranched alkanes of at least 4 members (excludes halogenated alkanes) is 1. The topological polar surface area (TPSA) is 55.1 Å². The van der Waals surface area contributed by atoms with E-state index in [1.165, 1.54) is 57.8 Å². The van der Waals surface area contributed by atoms with E-state index in [0.29, 0.717) is 6.42 Å². The molecule has 0 aromatic carbocycles. The first-order chi connectivity index (χ1) is 9.77. The third-order valence-corrected chi connectivity index (χ3v) is 5.33. The molecule has 1 amide bonds. The molecule has 0 aromatic heterocycles. The first-order valence-electron chi connectivity index (χ1n) is 8.79. The van der Waals surface area contributed by atoms with Crippen molar-refractivity contribution in [3.05, 3.63) is 0 Å². The van der Waals surface area contributed by atoms with Crippen molar-refractivity contribution >= 4 is 5.91 Å². The van der Waals surface area contributed by atoms with Crippen molar-refractivity contribution < 1.29 is 4.79 Å². The molecular weight excluding hydrogens is 248 g/mol. The van der Waals surface area contributed by atoms with Crippen LogP contribution in [0.4, 0.5) is 0 Å². The number of hydrogen-bond donors (Lipinski definition) is 2. The smallest absolute Gasteiger partial charge is 0.217 e. The van der Waals surface area contributed by atoms with Gasteiger partial charge in [0.1, 0.15) is 0 Å². The largest absolute Gasteiger partial charge is 0.370 e. The van der Waals surface area contributed by atoms with Crippen LogP contribution in [0, 0.1) is 11.8 Å². The zero-order chi connectivity index (χ0) is 14.2. The fraction of sp³-hybridized carbons (Fsp3) is 0.941. The molecule has 3 N–H and O–H groups in total. The number of carbonyl (C=O) groups is 1. The van der Waals surface area contributed by atoms with Gasteiger partial charge in [-0.05, 0) is 44.1 Å². The number of primary amides is 1. The minimum Gasteiger partial charge on any atom is -0.370 e. The summed E-state index contributed by atoms with van der Waals surface area (Å²) < 4.78 is 0. The average Bonchev–Trinajstić information content (AvgIpc) is 2.48. The van der Waals surface area contributed by atoms with E-state index in [1.807, 2.05) is 0 Å². The summed E-state index contributed by atoms with van der Waals surface area (Å²) in [6.07, 6.45) is 15.4. The summed E-state index contributed by atoms with van der Waals surface area (Å²) in [5.74, 6) is 1.73. The molecule has 0 heterocycles. The predicted molar refractivity (Wildman–Crippen MR) is 83.4 cm³/mol. The normalized spacial score (nSPS) is 28.4. The Hall–Kier alpha value is -0.570. The quantitative estimate of drug-likeness (QED) is 0.702. The number of nitrogens with one attached hydrogen (secondary N) is 1. The Morgan fingerprint density at radius 2 is 1.65 bits per heavy atom. The van der Waals surface area contributed by atoms with Crippen molar-refractivity contribution in [1.29, 1.82) is 0 Å². The molecule has 2 aliphatic rings. The highest BCUT2D eigenvalue weighted by molar-refractivity contribution is 5.73. The molecule has 2 aliphatic carbocycles. The zero-order valence-electron chi connectivity index (χ0n) is 12.9. The lowest BCUT2D eigenvalue weighted by molar-refractivity contribution is -0.118. The molecule has 0 spiro atoms. The summed E-state index contributed by atoms with van der Waals surface area (Å²) in [6, 6.07) is 0.737. The van der Waals surface area contributed by atoms with E-state index in [9.17, 15) is 4.79 Å². The predicted octanol–water partition coefficient (Wildman–Crippen LogP) is 3.37. The first kappa shape index (κ1) is 15.8. The van der Waals surface area contributed by atoms with Gasteiger partial charge in [0.05, 0.1) is 0 Å². The van der Waals surface area contributed by atoms with E-state index in [0.717, 1.165) is 37.3 Å². The first-order valence-corrected chi connectivity index (χ1v) is 8.79. The van der Waals surface area contributed by atoms with Gasteiger partial charge in [0.2, 0.25) is 5.91 Å². The molecule has 2 atom stereocenters. The summed E-state index contributed by atoms with van der Waals surface area (Å²) in [4.78, 5) is 10.7. The minimum absolute atomic E-state index is 0.164. The third-order valence-electron chi connectivity index (χ3n) is 5.33. The number of carbonyl (C=O) groups excluding carboxylic acids is 1. The number of hydrogen-bond acceptors (Lipinski definition) is 2. The van der Waals surface area contributed by atoms with Crippen LogP contribution in [-0.4, -0.2) is 18.5 Å². The van der Waals surface area contributed by atoms with Crippen molar-refractivity contribution in [2.45, 2.75) is 83.1 Å². The molecule has 0 radical (unpaired) electrons. The molecule has 2 saturated carbocycles. The van der Waals surface area contributed by atoms with Crippen LogP contribution in [0.15, 0.2) is 0 Å². The van der Waals surface area contributed by atoms with Crippen LogP contribution in [0.1, 0.15) is 77.0 Å². The third kappa shape index (κ3) is 5.08. The Morgan fingerprint density at radius 3 is 2.40 bits per heavy atom. The molecule has 2 rings (SSSR count). The van der Waals surface area contributed by atoms with Crippen molar-refractivity contribution in [2.75, 3.05) is 6.54 Å². The number of nitrogens with two attached hydrogens (primary N) is 1. The molecular formula is C17H32N2O. The van der Waals surface area contributed by atoms with Crippen molar-refractivity contribution in [3.8, 4) is 0 Å². The van der Waals surface area contributed by atoms with Crippen molar-refractivity contribution in [1.82, 2.24) is 5.32 Å². The Labute approximate surface area is 124 Å². The van der Waals surface area contributed by atoms with E-state index < -0.39 is 0 Å². The fourth-order valence-corrected chi connectivity index (χ4v) is 4.25. The van der Waals surface area contributed by atoms with E-state index in [2.05, 4.69) is 5.32 Å². The standard InChI is InChI=1S/C17H32N2O/c18-17(20)12-6-7-13-19-16-11-5-4-10-15(16)14-8-2-1-3-9-14/h14-16,19H,1-13H2,(H2,18,20). The van der Waals surface area contributed by atoms with Crippen LogP contribution in [0.3, 0.4) is 0 Å². The summed E-state index contributed by atoms with van der Waals surface area (Å²) in [6.45, 7) is 1.06. The second-order valence-corrected chi connectivity index (χ2v) is 6.83.